The minimum atomic E-state index is -0.613. The predicted octanol–water partition coefficient (Wildman–Crippen LogP) is 6.46. The summed E-state index contributed by atoms with van der Waals surface area (Å²) in [5, 5.41) is 1.03. The van der Waals surface area contributed by atoms with Gasteiger partial charge in [0.2, 0.25) is 0 Å². The van der Waals surface area contributed by atoms with Gasteiger partial charge in [0.25, 0.3) is 5.91 Å². The van der Waals surface area contributed by atoms with Crippen molar-refractivity contribution in [2.75, 3.05) is 19.8 Å². The summed E-state index contributed by atoms with van der Waals surface area (Å²) in [5.41, 5.74) is 3.72. The van der Waals surface area contributed by atoms with Gasteiger partial charge in [0, 0.05) is 37.2 Å². The van der Waals surface area contributed by atoms with E-state index >= 15 is 0 Å². The predicted molar refractivity (Wildman–Crippen MR) is 145 cm³/mol. The van der Waals surface area contributed by atoms with Crippen molar-refractivity contribution >= 4 is 16.8 Å². The Labute approximate surface area is 213 Å². The second kappa shape index (κ2) is 12.3. The average molecular weight is 483 g/mol. The lowest BCUT2D eigenvalue weighted by Gasteiger charge is -2.36. The number of rotatable bonds is 12. The van der Waals surface area contributed by atoms with Crippen LogP contribution in [0.4, 0.5) is 0 Å². The van der Waals surface area contributed by atoms with E-state index in [2.05, 4.69) is 29.3 Å². The van der Waals surface area contributed by atoms with Crippen LogP contribution >= 0.6 is 0 Å². The van der Waals surface area contributed by atoms with E-state index in [0.717, 1.165) is 22.0 Å². The highest BCUT2D eigenvalue weighted by Gasteiger charge is 2.34. The van der Waals surface area contributed by atoms with Crippen LogP contribution in [0.25, 0.3) is 10.9 Å². The molecule has 3 aromatic carbocycles. The molecule has 0 spiro atoms. The van der Waals surface area contributed by atoms with E-state index < -0.39 is 12.3 Å². The van der Waals surface area contributed by atoms with Crippen LogP contribution in [0, 0.1) is 0 Å². The SMILES string of the molecule is C=CCN(C(=O)c1cc2ccccc2n1Cc1ccccc1)C(c1ccccc1)C(OCC)OCC. The van der Waals surface area contributed by atoms with Crippen molar-refractivity contribution in [1.29, 1.82) is 0 Å². The minimum absolute atomic E-state index is 0.0970. The summed E-state index contributed by atoms with van der Waals surface area (Å²) in [6.45, 7) is 9.71. The summed E-state index contributed by atoms with van der Waals surface area (Å²) in [6.07, 6.45) is 1.14. The van der Waals surface area contributed by atoms with Gasteiger partial charge in [-0.25, -0.2) is 0 Å². The summed E-state index contributed by atoms with van der Waals surface area (Å²) < 4.78 is 14.2. The molecule has 1 heterocycles. The monoisotopic (exact) mass is 482 g/mol. The van der Waals surface area contributed by atoms with E-state index in [-0.39, 0.29) is 5.91 Å². The molecule has 4 rings (SSSR count). The summed E-state index contributed by atoms with van der Waals surface area (Å²) in [7, 11) is 0. The van der Waals surface area contributed by atoms with Gasteiger partial charge in [0.15, 0.2) is 6.29 Å². The van der Waals surface area contributed by atoms with Crippen molar-refractivity contribution in [2.45, 2.75) is 32.7 Å². The van der Waals surface area contributed by atoms with Crippen LogP contribution in [-0.4, -0.2) is 41.4 Å². The number of carbonyl (C=O) groups excluding carboxylic acids is 1. The average Bonchev–Trinajstić information content (AvgIpc) is 3.28. The number of carbonyl (C=O) groups is 1. The highest BCUT2D eigenvalue weighted by atomic mass is 16.7. The molecule has 5 heteroatoms. The normalized spacial score (nSPS) is 12.1. The summed E-state index contributed by atoms with van der Waals surface area (Å²) >= 11 is 0. The number of fused-ring (bicyclic) bond motifs is 1. The summed E-state index contributed by atoms with van der Waals surface area (Å²) in [4.78, 5) is 16.2. The number of benzene rings is 3. The first-order chi connectivity index (χ1) is 17.7. The fraction of sp³-hybridized carbons (Fsp3) is 0.258. The van der Waals surface area contributed by atoms with Gasteiger partial charge in [0.05, 0.1) is 0 Å². The maximum absolute atomic E-state index is 14.4. The molecule has 36 heavy (non-hydrogen) atoms. The Morgan fingerprint density at radius 2 is 1.53 bits per heavy atom. The highest BCUT2D eigenvalue weighted by Crippen LogP contribution is 2.31. The van der Waals surface area contributed by atoms with E-state index in [1.54, 1.807) is 6.08 Å². The quantitative estimate of drug-likeness (QED) is 0.172. The van der Waals surface area contributed by atoms with E-state index in [1.165, 1.54) is 0 Å². The summed E-state index contributed by atoms with van der Waals surface area (Å²) in [5.74, 6) is -0.0970. The van der Waals surface area contributed by atoms with E-state index in [1.807, 2.05) is 91.5 Å². The van der Waals surface area contributed by atoms with Crippen LogP contribution in [0.5, 0.6) is 0 Å². The van der Waals surface area contributed by atoms with Crippen LogP contribution in [0.1, 0.15) is 41.5 Å². The van der Waals surface area contributed by atoms with Crippen LogP contribution in [0.15, 0.2) is 104 Å². The number of para-hydroxylation sites is 1. The molecule has 0 aliphatic heterocycles. The third-order valence-electron chi connectivity index (χ3n) is 6.20. The third kappa shape index (κ3) is 5.59. The van der Waals surface area contributed by atoms with Crippen LogP contribution in [0.3, 0.4) is 0 Å². The molecule has 5 nitrogen and oxygen atoms in total. The second-order valence-corrected chi connectivity index (χ2v) is 8.54. The molecular weight excluding hydrogens is 448 g/mol. The first-order valence-electron chi connectivity index (χ1n) is 12.5. The van der Waals surface area contributed by atoms with Gasteiger partial charge >= 0.3 is 0 Å². The molecule has 0 fully saturated rings. The zero-order chi connectivity index (χ0) is 25.3. The zero-order valence-electron chi connectivity index (χ0n) is 21.0. The molecule has 0 bridgehead atoms. The lowest BCUT2D eigenvalue weighted by Crippen LogP contribution is -2.43. The number of ether oxygens (including phenoxy) is 2. The molecule has 1 amide bonds. The molecule has 4 aromatic rings. The Balaban J connectivity index is 1.83. The van der Waals surface area contributed by atoms with Crippen molar-refractivity contribution < 1.29 is 14.3 Å². The van der Waals surface area contributed by atoms with Gasteiger partial charge in [-0.2, -0.15) is 0 Å². The Morgan fingerprint density at radius 1 is 0.917 bits per heavy atom. The lowest BCUT2D eigenvalue weighted by atomic mass is 10.0. The standard InChI is InChI=1S/C31H34N2O3/c1-4-21-32(29(25-17-11-8-12-18-25)31(35-5-2)36-6-3)30(34)28-22-26-19-13-14-20-27(26)33(28)23-24-15-9-7-10-16-24/h4,7-20,22,29,31H,1,5-6,21,23H2,2-3H3. The third-order valence-corrected chi connectivity index (χ3v) is 6.20. The zero-order valence-corrected chi connectivity index (χ0v) is 21.0. The van der Waals surface area contributed by atoms with E-state index in [9.17, 15) is 4.79 Å². The lowest BCUT2D eigenvalue weighted by molar-refractivity contribution is -0.170. The van der Waals surface area contributed by atoms with Crippen molar-refractivity contribution in [3.63, 3.8) is 0 Å². The molecule has 0 aliphatic rings. The fourth-order valence-corrected chi connectivity index (χ4v) is 4.63. The number of hydrogen-bond donors (Lipinski definition) is 0. The number of hydrogen-bond acceptors (Lipinski definition) is 3. The van der Waals surface area contributed by atoms with Gasteiger partial charge < -0.3 is 18.9 Å². The van der Waals surface area contributed by atoms with Crippen LogP contribution in [0.2, 0.25) is 0 Å². The maximum atomic E-state index is 14.4. The van der Waals surface area contributed by atoms with Gasteiger partial charge in [-0.05, 0) is 37.1 Å². The van der Waals surface area contributed by atoms with Crippen molar-refractivity contribution in [2.24, 2.45) is 0 Å². The molecule has 186 valence electrons. The Bertz CT molecular complexity index is 1260. The largest absolute Gasteiger partial charge is 0.350 e. The molecule has 1 atom stereocenters. The van der Waals surface area contributed by atoms with Gasteiger partial charge in [0.1, 0.15) is 11.7 Å². The molecule has 1 aromatic heterocycles. The Hall–Kier alpha value is -3.67. The van der Waals surface area contributed by atoms with Crippen molar-refractivity contribution in [3.05, 3.63) is 120 Å². The maximum Gasteiger partial charge on any atom is 0.271 e. The van der Waals surface area contributed by atoms with Gasteiger partial charge in [-0.3, -0.25) is 4.79 Å². The topological polar surface area (TPSA) is 43.7 Å². The highest BCUT2D eigenvalue weighted by molar-refractivity contribution is 5.99. The van der Waals surface area contributed by atoms with Crippen molar-refractivity contribution in [3.8, 4) is 0 Å². The first-order valence-corrected chi connectivity index (χ1v) is 12.5. The second-order valence-electron chi connectivity index (χ2n) is 8.54. The number of amides is 1. The van der Waals surface area contributed by atoms with Crippen LogP contribution in [-0.2, 0) is 16.0 Å². The summed E-state index contributed by atoms with van der Waals surface area (Å²) in [6, 6.07) is 29.8. The van der Waals surface area contributed by atoms with E-state index in [4.69, 9.17) is 9.47 Å². The van der Waals surface area contributed by atoms with Crippen molar-refractivity contribution in [1.82, 2.24) is 9.47 Å². The molecule has 0 N–H and O–H groups in total. The molecule has 0 saturated carbocycles. The number of aromatic nitrogens is 1. The molecular formula is C31H34N2O3. The minimum Gasteiger partial charge on any atom is -0.350 e. The molecule has 1 unspecified atom stereocenters. The molecule has 0 radical (unpaired) electrons. The van der Waals surface area contributed by atoms with Gasteiger partial charge in [-0.1, -0.05) is 84.9 Å². The van der Waals surface area contributed by atoms with E-state index in [0.29, 0.717) is 32.0 Å². The molecule has 0 saturated heterocycles. The van der Waals surface area contributed by atoms with Gasteiger partial charge in [-0.15, -0.1) is 6.58 Å². The molecule has 0 aliphatic carbocycles. The number of nitrogens with zero attached hydrogens (tertiary/aromatic N) is 2. The smallest absolute Gasteiger partial charge is 0.271 e. The van der Waals surface area contributed by atoms with Crippen LogP contribution < -0.4 is 0 Å². The first kappa shape index (κ1) is 25.4. The Kier molecular flexibility index (Phi) is 8.71. The Morgan fingerprint density at radius 3 is 2.17 bits per heavy atom. The fourth-order valence-electron chi connectivity index (χ4n) is 4.63.